The highest BCUT2D eigenvalue weighted by Crippen LogP contribution is 2.43. The summed E-state index contributed by atoms with van der Waals surface area (Å²) in [7, 11) is 0. The molecule has 0 saturated heterocycles. The lowest BCUT2D eigenvalue weighted by atomic mass is 9.94. The molecule has 2 bridgehead atoms. The molecule has 0 aromatic heterocycles. The van der Waals surface area contributed by atoms with Crippen LogP contribution in [0, 0.1) is 17.8 Å². The standard InChI is InChI=1S/C8H10O2/c9-8(10)7-4-5-1-2-6(7)3-5/h1-2,5-7H,3-4H2,(H,9,10)/t5?,6-,7+/m0/s1. The number of carboxylic acid groups (broad SMARTS) is 1. The van der Waals surface area contributed by atoms with Gasteiger partial charge in [0.2, 0.25) is 0 Å². The molecule has 2 aliphatic rings. The Morgan fingerprint density at radius 3 is 2.50 bits per heavy atom. The number of hydrogen-bond donors (Lipinski definition) is 1. The van der Waals surface area contributed by atoms with Crippen molar-refractivity contribution in [1.29, 1.82) is 0 Å². The Labute approximate surface area is 59.5 Å². The second kappa shape index (κ2) is 1.84. The molecule has 0 radical (unpaired) electrons. The van der Waals surface area contributed by atoms with Gasteiger partial charge in [0.25, 0.3) is 0 Å². The van der Waals surface area contributed by atoms with E-state index in [0.717, 1.165) is 12.8 Å². The van der Waals surface area contributed by atoms with Crippen molar-refractivity contribution < 1.29 is 9.90 Å². The molecule has 2 nitrogen and oxygen atoms in total. The van der Waals surface area contributed by atoms with Crippen LogP contribution in [0.15, 0.2) is 12.2 Å². The van der Waals surface area contributed by atoms with Crippen LogP contribution in [0.2, 0.25) is 0 Å². The van der Waals surface area contributed by atoms with Gasteiger partial charge in [0.05, 0.1) is 5.92 Å². The predicted molar refractivity (Wildman–Crippen MR) is 36.5 cm³/mol. The number of aliphatic carboxylic acids is 1. The van der Waals surface area contributed by atoms with Crippen molar-refractivity contribution in [3.05, 3.63) is 12.2 Å². The van der Waals surface area contributed by atoms with Crippen LogP contribution in [0.25, 0.3) is 0 Å². The van der Waals surface area contributed by atoms with Gasteiger partial charge in [-0.3, -0.25) is 4.79 Å². The Kier molecular flexibility index (Phi) is 1.10. The van der Waals surface area contributed by atoms with Crippen molar-refractivity contribution in [1.82, 2.24) is 0 Å². The number of allylic oxidation sites excluding steroid dienone is 2. The highest BCUT2D eigenvalue weighted by molar-refractivity contribution is 5.71. The molecule has 2 aliphatic carbocycles. The molecule has 0 amide bonds. The normalized spacial score (nSPS) is 42.6. The quantitative estimate of drug-likeness (QED) is 0.554. The summed E-state index contributed by atoms with van der Waals surface area (Å²) in [6.07, 6.45) is 6.17. The minimum absolute atomic E-state index is 0.0741. The van der Waals surface area contributed by atoms with Crippen molar-refractivity contribution in [3.8, 4) is 0 Å². The molecule has 10 heavy (non-hydrogen) atoms. The summed E-state index contributed by atoms with van der Waals surface area (Å²) in [6, 6.07) is 0. The number of rotatable bonds is 1. The van der Waals surface area contributed by atoms with Crippen molar-refractivity contribution >= 4 is 5.97 Å². The zero-order valence-electron chi connectivity index (χ0n) is 5.66. The summed E-state index contributed by atoms with van der Waals surface area (Å²) >= 11 is 0. The molecule has 0 aromatic rings. The minimum Gasteiger partial charge on any atom is -0.481 e. The SMILES string of the molecule is O=C(O)[C@@H]1CC2C=C[C@H]1C2. The maximum atomic E-state index is 10.6. The molecule has 0 spiro atoms. The fourth-order valence-corrected chi connectivity index (χ4v) is 2.06. The third-order valence-corrected chi connectivity index (χ3v) is 2.60. The maximum absolute atomic E-state index is 10.6. The molecule has 0 aromatic carbocycles. The summed E-state index contributed by atoms with van der Waals surface area (Å²) in [5.41, 5.74) is 0. The zero-order valence-corrected chi connectivity index (χ0v) is 5.66. The first-order valence-electron chi connectivity index (χ1n) is 3.68. The molecule has 2 heteroatoms. The van der Waals surface area contributed by atoms with E-state index in [1.807, 2.05) is 0 Å². The van der Waals surface area contributed by atoms with E-state index in [4.69, 9.17) is 5.11 Å². The summed E-state index contributed by atoms with van der Waals surface area (Å²) in [5.74, 6) is 0.237. The Morgan fingerprint density at radius 2 is 2.20 bits per heavy atom. The topological polar surface area (TPSA) is 37.3 Å². The summed E-state index contributed by atoms with van der Waals surface area (Å²) in [5, 5.41) is 8.70. The van der Waals surface area contributed by atoms with Gasteiger partial charge in [-0.1, -0.05) is 12.2 Å². The third-order valence-electron chi connectivity index (χ3n) is 2.60. The molecule has 1 fully saturated rings. The maximum Gasteiger partial charge on any atom is 0.307 e. The molecule has 2 rings (SSSR count). The first kappa shape index (κ1) is 5.96. The van der Waals surface area contributed by atoms with E-state index in [1.54, 1.807) is 0 Å². The van der Waals surface area contributed by atoms with Crippen molar-refractivity contribution in [2.45, 2.75) is 12.8 Å². The van der Waals surface area contributed by atoms with Gasteiger partial charge < -0.3 is 5.11 Å². The van der Waals surface area contributed by atoms with Crippen LogP contribution in [-0.4, -0.2) is 11.1 Å². The van der Waals surface area contributed by atoms with Gasteiger partial charge in [0.15, 0.2) is 0 Å². The molecule has 3 atom stereocenters. The first-order chi connectivity index (χ1) is 4.77. The lowest BCUT2D eigenvalue weighted by molar-refractivity contribution is -0.142. The molecule has 1 unspecified atom stereocenters. The molecule has 0 aliphatic heterocycles. The molecule has 54 valence electrons. The van der Waals surface area contributed by atoms with Crippen LogP contribution in [0.3, 0.4) is 0 Å². The zero-order chi connectivity index (χ0) is 7.14. The molecule has 0 heterocycles. The first-order valence-corrected chi connectivity index (χ1v) is 3.68. The largest absolute Gasteiger partial charge is 0.481 e. The number of hydrogen-bond acceptors (Lipinski definition) is 1. The monoisotopic (exact) mass is 138 g/mol. The van der Waals surface area contributed by atoms with E-state index in [-0.39, 0.29) is 5.92 Å². The van der Waals surface area contributed by atoms with E-state index in [1.165, 1.54) is 0 Å². The minimum atomic E-state index is -0.614. The second-order valence-electron chi connectivity index (χ2n) is 3.22. The molecular formula is C8H10O2. The van der Waals surface area contributed by atoms with Crippen LogP contribution in [0.1, 0.15) is 12.8 Å². The van der Waals surface area contributed by atoms with Crippen LogP contribution >= 0.6 is 0 Å². The smallest absolute Gasteiger partial charge is 0.307 e. The third kappa shape index (κ3) is 0.681. The average molecular weight is 138 g/mol. The van der Waals surface area contributed by atoms with Crippen molar-refractivity contribution in [2.24, 2.45) is 17.8 Å². The fraction of sp³-hybridized carbons (Fsp3) is 0.625. The van der Waals surface area contributed by atoms with Gasteiger partial charge in [0.1, 0.15) is 0 Å². The summed E-state index contributed by atoms with van der Waals surface area (Å²) in [6.45, 7) is 0. The second-order valence-corrected chi connectivity index (χ2v) is 3.22. The van der Waals surface area contributed by atoms with E-state index in [0.29, 0.717) is 11.8 Å². The van der Waals surface area contributed by atoms with Gasteiger partial charge in [-0.15, -0.1) is 0 Å². The predicted octanol–water partition coefficient (Wildman–Crippen LogP) is 1.28. The Balaban J connectivity index is 2.16. The van der Waals surface area contributed by atoms with Crippen molar-refractivity contribution in [3.63, 3.8) is 0 Å². The Bertz CT molecular complexity index is 195. The van der Waals surface area contributed by atoms with Crippen LogP contribution in [0.5, 0.6) is 0 Å². The van der Waals surface area contributed by atoms with Gasteiger partial charge in [-0.2, -0.15) is 0 Å². The highest BCUT2D eigenvalue weighted by Gasteiger charge is 2.39. The van der Waals surface area contributed by atoms with Gasteiger partial charge >= 0.3 is 5.97 Å². The lowest BCUT2D eigenvalue weighted by Crippen LogP contribution is -2.17. The molecule has 1 saturated carbocycles. The van der Waals surface area contributed by atoms with E-state index >= 15 is 0 Å². The molecule has 1 N–H and O–H groups in total. The van der Waals surface area contributed by atoms with Crippen LogP contribution < -0.4 is 0 Å². The van der Waals surface area contributed by atoms with Gasteiger partial charge in [-0.25, -0.2) is 0 Å². The van der Waals surface area contributed by atoms with Gasteiger partial charge in [-0.05, 0) is 24.7 Å². The lowest BCUT2D eigenvalue weighted by Gasteiger charge is -2.11. The van der Waals surface area contributed by atoms with Crippen LogP contribution in [0.4, 0.5) is 0 Å². The summed E-state index contributed by atoms with van der Waals surface area (Å²) in [4.78, 5) is 10.6. The number of fused-ring (bicyclic) bond motifs is 2. The molecular weight excluding hydrogens is 128 g/mol. The summed E-state index contributed by atoms with van der Waals surface area (Å²) < 4.78 is 0. The van der Waals surface area contributed by atoms with E-state index in [9.17, 15) is 4.79 Å². The number of carbonyl (C=O) groups is 1. The average Bonchev–Trinajstić information content (AvgIpc) is 2.44. The van der Waals surface area contributed by atoms with E-state index in [2.05, 4.69) is 12.2 Å². The van der Waals surface area contributed by atoms with Crippen LogP contribution in [-0.2, 0) is 4.79 Å². The fourth-order valence-electron chi connectivity index (χ4n) is 2.06. The van der Waals surface area contributed by atoms with Crippen molar-refractivity contribution in [2.75, 3.05) is 0 Å². The van der Waals surface area contributed by atoms with Gasteiger partial charge in [0, 0.05) is 0 Å². The number of carboxylic acids is 1. The Morgan fingerprint density at radius 1 is 1.40 bits per heavy atom. The van der Waals surface area contributed by atoms with E-state index < -0.39 is 5.97 Å². The highest BCUT2D eigenvalue weighted by atomic mass is 16.4. The Hall–Kier alpha value is -0.790.